The van der Waals surface area contributed by atoms with Gasteiger partial charge in [-0.1, -0.05) is 13.0 Å². The number of nitrogens with zero attached hydrogens (tertiary/aromatic N) is 3. The van der Waals surface area contributed by atoms with Crippen LogP contribution < -0.4 is 10.1 Å². The second kappa shape index (κ2) is 9.30. The van der Waals surface area contributed by atoms with Crippen LogP contribution in [-0.4, -0.2) is 68.6 Å². The largest absolute Gasteiger partial charge is 0.493 e. The number of hydrogen-bond donors (Lipinski definition) is 3. The number of amides is 2. The van der Waals surface area contributed by atoms with Gasteiger partial charge in [0.15, 0.2) is 0 Å². The zero-order chi connectivity index (χ0) is 24.7. The quantitative estimate of drug-likeness (QED) is 0.481. The van der Waals surface area contributed by atoms with E-state index >= 15 is 0 Å². The number of rotatable bonds is 7. The molecule has 1 aliphatic heterocycles. The van der Waals surface area contributed by atoms with E-state index in [4.69, 9.17) is 4.74 Å². The van der Waals surface area contributed by atoms with Crippen LogP contribution in [0, 0.1) is 12.8 Å². The van der Waals surface area contributed by atoms with Crippen LogP contribution in [0.3, 0.4) is 0 Å². The molecular formula is C26H31N5O4. The van der Waals surface area contributed by atoms with Crippen molar-refractivity contribution in [2.45, 2.75) is 52.2 Å². The average Bonchev–Trinajstić information content (AvgIpc) is 3.51. The van der Waals surface area contributed by atoms with Crippen LogP contribution in [0.2, 0.25) is 0 Å². The molecule has 2 atom stereocenters. The summed E-state index contributed by atoms with van der Waals surface area (Å²) in [5.41, 5.74) is 4.95. The number of aryl methyl sites for hydroxylation is 2. The van der Waals surface area contributed by atoms with Crippen molar-refractivity contribution in [3.8, 4) is 17.0 Å². The molecule has 2 unspecified atom stereocenters. The lowest BCUT2D eigenvalue weighted by atomic mass is 10.0. The molecule has 3 heterocycles. The van der Waals surface area contributed by atoms with Gasteiger partial charge >= 0.3 is 0 Å². The summed E-state index contributed by atoms with van der Waals surface area (Å²) in [4.78, 5) is 38.8. The summed E-state index contributed by atoms with van der Waals surface area (Å²) in [7, 11) is 0. The van der Waals surface area contributed by atoms with E-state index in [2.05, 4.69) is 39.3 Å². The third-order valence-electron chi connectivity index (χ3n) is 6.93. The Hall–Kier alpha value is -3.46. The van der Waals surface area contributed by atoms with Crippen molar-refractivity contribution in [2.75, 3.05) is 19.7 Å². The van der Waals surface area contributed by atoms with Gasteiger partial charge in [-0.25, -0.2) is 9.97 Å². The Kier molecular flexibility index (Phi) is 6.19. The molecule has 2 aliphatic rings. The number of benzene rings is 1. The number of fused-ring (bicyclic) bond motifs is 1. The highest BCUT2D eigenvalue weighted by Crippen LogP contribution is 2.37. The van der Waals surface area contributed by atoms with Crippen molar-refractivity contribution >= 4 is 22.8 Å². The summed E-state index contributed by atoms with van der Waals surface area (Å²) < 4.78 is 6.16. The molecule has 35 heavy (non-hydrogen) atoms. The molecule has 2 fully saturated rings. The molecule has 2 aromatic heterocycles. The minimum atomic E-state index is -0.818. The molecule has 9 heteroatoms. The number of ether oxygens (including phenoxy) is 1. The van der Waals surface area contributed by atoms with Gasteiger partial charge in [0.25, 0.3) is 5.91 Å². The predicted octanol–water partition coefficient (Wildman–Crippen LogP) is 2.61. The molecule has 1 aromatic carbocycles. The molecule has 1 saturated carbocycles. The van der Waals surface area contributed by atoms with Crippen LogP contribution in [0.1, 0.15) is 48.3 Å². The number of likely N-dealkylation sites (tertiary alicyclic amines) is 1. The molecule has 0 radical (unpaired) electrons. The van der Waals surface area contributed by atoms with Crippen molar-refractivity contribution in [1.29, 1.82) is 0 Å². The van der Waals surface area contributed by atoms with Crippen LogP contribution >= 0.6 is 0 Å². The van der Waals surface area contributed by atoms with Crippen LogP contribution in [0.4, 0.5) is 0 Å². The number of β-amino-alcohol motifs (C(OH)–C–C–N with tert-alkyl or cyclic N) is 1. The lowest BCUT2D eigenvalue weighted by Crippen LogP contribution is -2.43. The van der Waals surface area contributed by atoms with Crippen molar-refractivity contribution < 1.29 is 19.4 Å². The zero-order valence-corrected chi connectivity index (χ0v) is 20.3. The topological polar surface area (TPSA) is 120 Å². The minimum Gasteiger partial charge on any atom is -0.493 e. The fraction of sp³-hybridized carbons (Fsp3) is 0.462. The van der Waals surface area contributed by atoms with Gasteiger partial charge in [0.1, 0.15) is 23.3 Å². The van der Waals surface area contributed by atoms with E-state index in [-0.39, 0.29) is 24.9 Å². The Balaban J connectivity index is 1.49. The highest BCUT2D eigenvalue weighted by molar-refractivity contribution is 6.09. The Morgan fingerprint density at radius 2 is 2.06 bits per heavy atom. The SMILES string of the molecule is CCc1ccc(OCC2CC2)c(-c2ncnc3c(C(=O)NC4CN(C(C)=O)CC4O)c(C)[nH]c23)c1. The number of aromatic nitrogens is 3. The predicted molar refractivity (Wildman–Crippen MR) is 131 cm³/mol. The van der Waals surface area contributed by atoms with Gasteiger partial charge in [-0.15, -0.1) is 0 Å². The second-order valence-electron chi connectivity index (χ2n) is 9.58. The number of carbonyl (C=O) groups is 2. The first-order valence-corrected chi connectivity index (χ1v) is 12.2. The third kappa shape index (κ3) is 4.60. The zero-order valence-electron chi connectivity index (χ0n) is 20.3. The normalized spacial score (nSPS) is 19.8. The van der Waals surface area contributed by atoms with Crippen molar-refractivity contribution in [3.05, 3.63) is 41.3 Å². The summed E-state index contributed by atoms with van der Waals surface area (Å²) >= 11 is 0. The molecular weight excluding hydrogens is 446 g/mol. The summed E-state index contributed by atoms with van der Waals surface area (Å²) in [5.74, 6) is 0.911. The summed E-state index contributed by atoms with van der Waals surface area (Å²) in [6.07, 6.45) is 3.93. The lowest BCUT2D eigenvalue weighted by molar-refractivity contribution is -0.128. The molecule has 2 amide bonds. The second-order valence-corrected chi connectivity index (χ2v) is 9.58. The highest BCUT2D eigenvalue weighted by Gasteiger charge is 2.35. The molecule has 5 rings (SSSR count). The van der Waals surface area contributed by atoms with Gasteiger partial charge in [-0.05, 0) is 49.8 Å². The number of aliphatic hydroxyl groups is 1. The number of nitrogens with one attached hydrogen (secondary N) is 2. The van der Waals surface area contributed by atoms with Crippen molar-refractivity contribution in [3.63, 3.8) is 0 Å². The fourth-order valence-electron chi connectivity index (χ4n) is 4.63. The summed E-state index contributed by atoms with van der Waals surface area (Å²) in [5, 5.41) is 13.2. The van der Waals surface area contributed by atoms with Crippen LogP contribution in [0.5, 0.6) is 5.75 Å². The van der Waals surface area contributed by atoms with Crippen LogP contribution in [0.25, 0.3) is 22.3 Å². The number of aliphatic hydroxyl groups excluding tert-OH is 1. The standard InChI is InChI=1S/C26H31N5O4/c1-4-16-7-8-21(35-12-17-5-6-17)18(9-16)23-25-24(28-13-27-23)22(14(2)29-25)26(34)30-19-10-31(15(3)32)11-20(19)33/h7-9,13,17,19-20,29,33H,4-6,10-12H2,1-3H3,(H,30,34). The third-order valence-corrected chi connectivity index (χ3v) is 6.93. The van der Waals surface area contributed by atoms with Gasteiger partial charge in [-0.2, -0.15) is 0 Å². The monoisotopic (exact) mass is 477 g/mol. The number of carbonyl (C=O) groups excluding carboxylic acids is 2. The van der Waals surface area contributed by atoms with Gasteiger partial charge in [-0.3, -0.25) is 9.59 Å². The molecule has 1 saturated heterocycles. The maximum Gasteiger partial charge on any atom is 0.255 e. The van der Waals surface area contributed by atoms with Crippen LogP contribution in [0.15, 0.2) is 24.5 Å². The smallest absolute Gasteiger partial charge is 0.255 e. The molecule has 184 valence electrons. The summed E-state index contributed by atoms with van der Waals surface area (Å²) in [6.45, 7) is 6.54. The van der Waals surface area contributed by atoms with Crippen molar-refractivity contribution in [1.82, 2.24) is 25.2 Å². The van der Waals surface area contributed by atoms with Gasteiger partial charge in [0.2, 0.25) is 5.91 Å². The number of aromatic amines is 1. The Labute approximate surface area is 203 Å². The van der Waals surface area contributed by atoms with Crippen LogP contribution in [-0.2, 0) is 11.2 Å². The molecule has 0 bridgehead atoms. The maximum absolute atomic E-state index is 13.3. The van der Waals surface area contributed by atoms with Gasteiger partial charge < -0.3 is 25.0 Å². The number of H-pyrrole nitrogens is 1. The molecule has 3 aromatic rings. The first-order chi connectivity index (χ1) is 16.9. The minimum absolute atomic E-state index is 0.129. The Bertz CT molecular complexity index is 1280. The molecule has 1 aliphatic carbocycles. The van der Waals surface area contributed by atoms with E-state index in [1.165, 1.54) is 31.0 Å². The fourth-order valence-corrected chi connectivity index (χ4v) is 4.63. The van der Waals surface area contributed by atoms with E-state index < -0.39 is 12.1 Å². The number of hydrogen-bond acceptors (Lipinski definition) is 6. The van der Waals surface area contributed by atoms with E-state index in [1.54, 1.807) is 0 Å². The van der Waals surface area contributed by atoms with Gasteiger partial charge in [0.05, 0.1) is 29.8 Å². The first-order valence-electron chi connectivity index (χ1n) is 12.2. The highest BCUT2D eigenvalue weighted by atomic mass is 16.5. The van der Waals surface area contributed by atoms with E-state index in [0.717, 1.165) is 23.3 Å². The van der Waals surface area contributed by atoms with E-state index in [9.17, 15) is 14.7 Å². The first kappa shape index (κ1) is 23.3. The van der Waals surface area contributed by atoms with Crippen molar-refractivity contribution in [2.24, 2.45) is 5.92 Å². The molecule has 0 spiro atoms. The maximum atomic E-state index is 13.3. The van der Waals surface area contributed by atoms with E-state index in [1.807, 2.05) is 13.0 Å². The van der Waals surface area contributed by atoms with E-state index in [0.29, 0.717) is 40.5 Å². The summed E-state index contributed by atoms with van der Waals surface area (Å²) in [6, 6.07) is 5.61. The molecule has 9 nitrogen and oxygen atoms in total. The Morgan fingerprint density at radius 1 is 1.26 bits per heavy atom. The molecule has 3 N–H and O–H groups in total. The average molecular weight is 478 g/mol. The Morgan fingerprint density at radius 3 is 2.74 bits per heavy atom. The lowest BCUT2D eigenvalue weighted by Gasteiger charge is -2.16. The van der Waals surface area contributed by atoms with Gasteiger partial charge in [0, 0.05) is 31.3 Å².